The number of carbonyl (C=O) groups is 1. The van der Waals surface area contributed by atoms with Crippen molar-refractivity contribution in [3.63, 3.8) is 0 Å². The zero-order valence-electron chi connectivity index (χ0n) is 9.43. The SMILES string of the molecule is CN1CC(c2ccc(C(O)C(=O)O)cc2Cl)C1. The highest BCUT2D eigenvalue weighted by Crippen LogP contribution is 2.32. The van der Waals surface area contributed by atoms with Gasteiger partial charge >= 0.3 is 5.97 Å². The van der Waals surface area contributed by atoms with Crippen LogP contribution in [0.4, 0.5) is 0 Å². The zero-order valence-corrected chi connectivity index (χ0v) is 10.2. The Hall–Kier alpha value is -1.10. The van der Waals surface area contributed by atoms with E-state index in [0.717, 1.165) is 18.7 Å². The molecule has 0 radical (unpaired) electrons. The molecule has 0 saturated carbocycles. The fourth-order valence-corrected chi connectivity index (χ4v) is 2.43. The van der Waals surface area contributed by atoms with Crippen molar-refractivity contribution in [1.29, 1.82) is 0 Å². The second-order valence-corrected chi connectivity index (χ2v) is 4.85. The lowest BCUT2D eigenvalue weighted by molar-refractivity contribution is -0.146. The smallest absolute Gasteiger partial charge is 0.337 e. The fraction of sp³-hybridized carbons (Fsp3) is 0.417. The van der Waals surface area contributed by atoms with Gasteiger partial charge in [-0.25, -0.2) is 4.79 Å². The van der Waals surface area contributed by atoms with Gasteiger partial charge in [-0.2, -0.15) is 0 Å². The Labute approximate surface area is 104 Å². The van der Waals surface area contributed by atoms with Gasteiger partial charge in [0, 0.05) is 24.0 Å². The van der Waals surface area contributed by atoms with Crippen molar-refractivity contribution < 1.29 is 15.0 Å². The van der Waals surface area contributed by atoms with E-state index in [1.165, 1.54) is 6.07 Å². The minimum atomic E-state index is -1.51. The number of benzene rings is 1. The number of hydrogen-bond donors (Lipinski definition) is 2. The van der Waals surface area contributed by atoms with Crippen LogP contribution < -0.4 is 0 Å². The van der Waals surface area contributed by atoms with Crippen LogP contribution in [0.1, 0.15) is 23.1 Å². The standard InChI is InChI=1S/C12H14ClNO3/c1-14-5-8(6-14)9-3-2-7(4-10(9)13)11(15)12(16)17/h2-4,8,11,15H,5-6H2,1H3,(H,16,17). The van der Waals surface area contributed by atoms with Gasteiger partial charge in [0.2, 0.25) is 0 Å². The summed E-state index contributed by atoms with van der Waals surface area (Å²) in [6.07, 6.45) is -1.51. The molecule has 4 nitrogen and oxygen atoms in total. The number of halogens is 1. The Morgan fingerprint density at radius 3 is 2.65 bits per heavy atom. The number of hydrogen-bond acceptors (Lipinski definition) is 3. The number of aliphatic hydroxyl groups excluding tert-OH is 1. The van der Waals surface area contributed by atoms with Crippen LogP contribution in [0.2, 0.25) is 5.02 Å². The fourth-order valence-electron chi connectivity index (χ4n) is 2.08. The van der Waals surface area contributed by atoms with Crippen LogP contribution in [-0.4, -0.2) is 41.2 Å². The summed E-state index contributed by atoms with van der Waals surface area (Å²) in [5, 5.41) is 18.6. The van der Waals surface area contributed by atoms with Gasteiger partial charge in [0.05, 0.1) is 0 Å². The van der Waals surface area contributed by atoms with Gasteiger partial charge in [-0.3, -0.25) is 0 Å². The van der Waals surface area contributed by atoms with Crippen molar-refractivity contribution in [2.24, 2.45) is 0 Å². The number of rotatable bonds is 3. The largest absolute Gasteiger partial charge is 0.479 e. The second kappa shape index (κ2) is 4.64. The topological polar surface area (TPSA) is 60.8 Å². The summed E-state index contributed by atoms with van der Waals surface area (Å²) in [4.78, 5) is 12.8. The number of likely N-dealkylation sites (N-methyl/N-ethyl adjacent to an activating group) is 1. The van der Waals surface area contributed by atoms with E-state index in [1.807, 2.05) is 13.1 Å². The molecule has 1 aromatic carbocycles. The Balaban J connectivity index is 2.20. The molecule has 17 heavy (non-hydrogen) atoms. The zero-order chi connectivity index (χ0) is 12.6. The van der Waals surface area contributed by atoms with Gasteiger partial charge in [-0.15, -0.1) is 0 Å². The maximum atomic E-state index is 10.6. The van der Waals surface area contributed by atoms with Crippen LogP contribution in [0.15, 0.2) is 18.2 Å². The molecule has 1 fully saturated rings. The van der Waals surface area contributed by atoms with Crippen LogP contribution in [0.25, 0.3) is 0 Å². The molecule has 1 unspecified atom stereocenters. The molecule has 2 N–H and O–H groups in total. The third kappa shape index (κ3) is 2.44. The minimum absolute atomic E-state index is 0.318. The Kier molecular flexibility index (Phi) is 3.38. The number of aliphatic hydroxyl groups is 1. The van der Waals surface area contributed by atoms with Crippen molar-refractivity contribution in [3.8, 4) is 0 Å². The van der Waals surface area contributed by atoms with Gasteiger partial charge < -0.3 is 15.1 Å². The number of nitrogens with zero attached hydrogens (tertiary/aromatic N) is 1. The number of likely N-dealkylation sites (tertiary alicyclic amines) is 1. The lowest BCUT2D eigenvalue weighted by Crippen LogP contribution is -2.41. The highest BCUT2D eigenvalue weighted by atomic mass is 35.5. The maximum Gasteiger partial charge on any atom is 0.337 e. The second-order valence-electron chi connectivity index (χ2n) is 4.44. The molecule has 0 bridgehead atoms. The quantitative estimate of drug-likeness (QED) is 0.859. The normalized spacial score (nSPS) is 18.8. The lowest BCUT2D eigenvalue weighted by atomic mass is 9.91. The van der Waals surface area contributed by atoms with Gasteiger partial charge in [0.1, 0.15) is 0 Å². The molecule has 0 amide bonds. The maximum absolute atomic E-state index is 10.6. The van der Waals surface area contributed by atoms with Crippen molar-refractivity contribution in [2.45, 2.75) is 12.0 Å². The third-order valence-electron chi connectivity index (χ3n) is 3.08. The van der Waals surface area contributed by atoms with E-state index in [-0.39, 0.29) is 0 Å². The van der Waals surface area contributed by atoms with E-state index in [9.17, 15) is 9.90 Å². The van der Waals surface area contributed by atoms with Crippen LogP contribution in [0.3, 0.4) is 0 Å². The van der Waals surface area contributed by atoms with Crippen molar-refractivity contribution in [3.05, 3.63) is 34.3 Å². The summed E-state index contributed by atoms with van der Waals surface area (Å²) in [6, 6.07) is 4.97. The molecule has 92 valence electrons. The monoisotopic (exact) mass is 255 g/mol. The minimum Gasteiger partial charge on any atom is -0.479 e. The summed E-state index contributed by atoms with van der Waals surface area (Å²) in [7, 11) is 2.03. The first-order chi connectivity index (χ1) is 7.99. The number of carboxylic acids is 1. The van der Waals surface area contributed by atoms with E-state index < -0.39 is 12.1 Å². The van der Waals surface area contributed by atoms with Gasteiger partial charge in [-0.1, -0.05) is 23.7 Å². The van der Waals surface area contributed by atoms with E-state index in [1.54, 1.807) is 6.07 Å². The van der Waals surface area contributed by atoms with E-state index >= 15 is 0 Å². The molecule has 1 heterocycles. The average molecular weight is 256 g/mol. The molecule has 1 aliphatic rings. The van der Waals surface area contributed by atoms with E-state index in [0.29, 0.717) is 16.5 Å². The predicted octanol–water partition coefficient (Wildman–Crippen LogP) is 1.49. The molecular weight excluding hydrogens is 242 g/mol. The molecule has 1 aromatic rings. The highest BCUT2D eigenvalue weighted by Gasteiger charge is 2.27. The summed E-state index contributed by atoms with van der Waals surface area (Å²) < 4.78 is 0. The van der Waals surface area contributed by atoms with Crippen LogP contribution in [0, 0.1) is 0 Å². The molecule has 0 spiro atoms. The molecular formula is C12H14ClNO3. The summed E-state index contributed by atoms with van der Waals surface area (Å²) in [5.74, 6) is -0.860. The summed E-state index contributed by atoms with van der Waals surface area (Å²) >= 11 is 6.11. The number of aliphatic carboxylic acids is 1. The molecule has 0 aliphatic carbocycles. The first-order valence-corrected chi connectivity index (χ1v) is 5.75. The van der Waals surface area contributed by atoms with Gasteiger partial charge in [-0.05, 0) is 24.2 Å². The highest BCUT2D eigenvalue weighted by molar-refractivity contribution is 6.31. The van der Waals surface area contributed by atoms with Crippen LogP contribution >= 0.6 is 11.6 Å². The molecule has 2 rings (SSSR count). The van der Waals surface area contributed by atoms with Gasteiger partial charge in [0.15, 0.2) is 6.10 Å². The third-order valence-corrected chi connectivity index (χ3v) is 3.41. The van der Waals surface area contributed by atoms with Crippen molar-refractivity contribution in [2.75, 3.05) is 20.1 Å². The van der Waals surface area contributed by atoms with Gasteiger partial charge in [0.25, 0.3) is 0 Å². The summed E-state index contributed by atoms with van der Waals surface area (Å²) in [6.45, 7) is 1.92. The van der Waals surface area contributed by atoms with E-state index in [2.05, 4.69) is 4.90 Å². The average Bonchev–Trinajstić information content (AvgIpc) is 2.24. The first kappa shape index (κ1) is 12.4. The lowest BCUT2D eigenvalue weighted by Gasteiger charge is -2.37. The number of carboxylic acid groups (broad SMARTS) is 1. The molecule has 1 aliphatic heterocycles. The van der Waals surface area contributed by atoms with Crippen LogP contribution in [-0.2, 0) is 4.79 Å². The molecule has 1 atom stereocenters. The molecule has 5 heteroatoms. The Morgan fingerprint density at radius 1 is 1.53 bits per heavy atom. The first-order valence-electron chi connectivity index (χ1n) is 5.38. The molecule has 0 aromatic heterocycles. The Morgan fingerprint density at radius 2 is 2.18 bits per heavy atom. The summed E-state index contributed by atoms with van der Waals surface area (Å²) in [5.41, 5.74) is 1.34. The van der Waals surface area contributed by atoms with Crippen molar-refractivity contribution in [1.82, 2.24) is 4.90 Å². The predicted molar refractivity (Wildman–Crippen MR) is 64.3 cm³/mol. The molecule has 1 saturated heterocycles. The Bertz CT molecular complexity index is 443. The van der Waals surface area contributed by atoms with Crippen LogP contribution in [0.5, 0.6) is 0 Å². The van der Waals surface area contributed by atoms with Crippen molar-refractivity contribution >= 4 is 17.6 Å². The van der Waals surface area contributed by atoms with E-state index in [4.69, 9.17) is 16.7 Å².